The zero-order valence-electron chi connectivity index (χ0n) is 11.9. The number of nitrogens with zero attached hydrogens (tertiary/aromatic N) is 2. The lowest BCUT2D eigenvalue weighted by Gasteiger charge is -2.05. The summed E-state index contributed by atoms with van der Waals surface area (Å²) >= 11 is 6.35. The van der Waals surface area contributed by atoms with Gasteiger partial charge in [-0.05, 0) is 36.5 Å². The van der Waals surface area contributed by atoms with E-state index in [1.54, 1.807) is 32.4 Å². The number of aromatic hydroxyl groups is 1. The van der Waals surface area contributed by atoms with Crippen LogP contribution in [0.1, 0.15) is 4.88 Å². The van der Waals surface area contributed by atoms with Crippen LogP contribution >= 0.6 is 23.6 Å². The first-order valence-corrected chi connectivity index (χ1v) is 7.61. The lowest BCUT2D eigenvalue weighted by atomic mass is 10.1. The van der Waals surface area contributed by atoms with E-state index < -0.39 is 0 Å². The summed E-state index contributed by atoms with van der Waals surface area (Å²) in [5.41, 5.74) is 0.407. The van der Waals surface area contributed by atoms with Crippen LogP contribution in [-0.4, -0.2) is 22.7 Å². The summed E-state index contributed by atoms with van der Waals surface area (Å²) in [7, 11) is 3.24. The molecule has 1 aromatic carbocycles. The van der Waals surface area contributed by atoms with Crippen LogP contribution in [0.4, 0.5) is 0 Å². The Bertz CT molecular complexity index is 983. The van der Waals surface area contributed by atoms with Gasteiger partial charge in [0.15, 0.2) is 3.95 Å². The van der Waals surface area contributed by atoms with E-state index in [2.05, 4.69) is 4.99 Å². The molecule has 0 aliphatic carbocycles. The molecule has 112 valence electrons. The lowest BCUT2D eigenvalue weighted by molar-refractivity contribution is -0.114. The molecule has 7 heteroatoms. The first-order chi connectivity index (χ1) is 10.5. The van der Waals surface area contributed by atoms with Crippen molar-refractivity contribution in [2.24, 2.45) is 12.0 Å². The van der Waals surface area contributed by atoms with Crippen LogP contribution in [0.3, 0.4) is 0 Å². The van der Waals surface area contributed by atoms with Crippen LogP contribution in [0.5, 0.6) is 11.6 Å². The van der Waals surface area contributed by atoms with E-state index in [0.717, 1.165) is 5.22 Å². The molecule has 0 unspecified atom stereocenters. The Morgan fingerprint density at radius 3 is 2.86 bits per heavy atom. The molecule has 1 amide bonds. The van der Waals surface area contributed by atoms with Gasteiger partial charge >= 0.3 is 0 Å². The molecule has 0 saturated heterocycles. The van der Waals surface area contributed by atoms with Gasteiger partial charge < -0.3 is 9.84 Å². The maximum atomic E-state index is 12.1. The minimum atomic E-state index is -0.359. The summed E-state index contributed by atoms with van der Waals surface area (Å²) in [6, 6.07) is 5.36. The van der Waals surface area contributed by atoms with Crippen LogP contribution < -0.4 is 15.3 Å². The van der Waals surface area contributed by atoms with Gasteiger partial charge in [0.2, 0.25) is 5.88 Å². The van der Waals surface area contributed by atoms with Crippen LogP contribution in [0.15, 0.2) is 28.8 Å². The average molecular weight is 332 g/mol. The van der Waals surface area contributed by atoms with Crippen molar-refractivity contribution in [2.45, 2.75) is 0 Å². The fourth-order valence-electron chi connectivity index (χ4n) is 2.07. The number of hydrogen-bond donors (Lipinski definition) is 1. The first-order valence-electron chi connectivity index (χ1n) is 6.39. The summed E-state index contributed by atoms with van der Waals surface area (Å²) in [6.07, 6.45) is 3.35. The zero-order chi connectivity index (χ0) is 15.9. The van der Waals surface area contributed by atoms with Gasteiger partial charge in [-0.15, -0.1) is 11.3 Å². The largest absolute Gasteiger partial charge is 0.497 e. The maximum Gasteiger partial charge on any atom is 0.277 e. The molecule has 5 nitrogen and oxygen atoms in total. The van der Waals surface area contributed by atoms with Crippen molar-refractivity contribution >= 4 is 41.6 Å². The monoisotopic (exact) mass is 332 g/mol. The van der Waals surface area contributed by atoms with E-state index in [9.17, 15) is 9.90 Å². The molecule has 0 bridgehead atoms. The van der Waals surface area contributed by atoms with Crippen molar-refractivity contribution < 1.29 is 14.6 Å². The van der Waals surface area contributed by atoms with Crippen LogP contribution in [0.25, 0.3) is 12.2 Å². The third-order valence-electron chi connectivity index (χ3n) is 3.31. The standard InChI is InChI=1S/C15H12N2O3S2/c1-17-14(19)12(22-15(17)21)6-9-5-8-3-4-10(20-2)7-11(8)16-13(9)18/h3-7,19H,1-2H3. The quantitative estimate of drug-likeness (QED) is 0.669. The minimum Gasteiger partial charge on any atom is -0.497 e. The van der Waals surface area contributed by atoms with Crippen molar-refractivity contribution in [3.8, 4) is 11.6 Å². The fraction of sp³-hybridized carbons (Fsp3) is 0.133. The Hall–Kier alpha value is -2.25. The summed E-state index contributed by atoms with van der Waals surface area (Å²) in [6.45, 7) is 0. The Morgan fingerprint density at radius 2 is 2.23 bits per heavy atom. The van der Waals surface area contributed by atoms with Gasteiger partial charge in [-0.2, -0.15) is 0 Å². The van der Waals surface area contributed by atoms with Crippen molar-refractivity contribution in [1.82, 2.24) is 4.57 Å². The Balaban J connectivity index is 2.14. The van der Waals surface area contributed by atoms with E-state index in [1.165, 1.54) is 15.9 Å². The molecule has 0 saturated carbocycles. The second-order valence-corrected chi connectivity index (χ2v) is 6.38. The highest BCUT2D eigenvalue weighted by Gasteiger charge is 2.14. The normalized spacial score (nSPS) is 15.2. The molecule has 2 heterocycles. The van der Waals surface area contributed by atoms with Gasteiger partial charge in [0.05, 0.1) is 17.3 Å². The van der Waals surface area contributed by atoms with Crippen molar-refractivity contribution in [3.63, 3.8) is 0 Å². The van der Waals surface area contributed by atoms with Gasteiger partial charge in [0, 0.05) is 23.9 Å². The highest BCUT2D eigenvalue weighted by atomic mass is 32.1. The Labute approximate surface area is 135 Å². The maximum absolute atomic E-state index is 12.1. The number of thiazole rings is 1. The van der Waals surface area contributed by atoms with Crippen LogP contribution in [-0.2, 0) is 11.8 Å². The molecular weight excluding hydrogens is 320 g/mol. The van der Waals surface area contributed by atoms with Crippen molar-refractivity contribution in [3.05, 3.63) is 43.2 Å². The lowest BCUT2D eigenvalue weighted by Crippen LogP contribution is -2.30. The number of benzene rings is 1. The highest BCUT2D eigenvalue weighted by Crippen LogP contribution is 2.27. The third kappa shape index (κ3) is 2.49. The molecule has 3 rings (SSSR count). The van der Waals surface area contributed by atoms with E-state index in [4.69, 9.17) is 17.0 Å². The molecule has 0 spiro atoms. The highest BCUT2D eigenvalue weighted by molar-refractivity contribution is 7.73. The van der Waals surface area contributed by atoms with Crippen molar-refractivity contribution in [1.29, 1.82) is 0 Å². The molecule has 1 N–H and O–H groups in total. The summed E-state index contributed by atoms with van der Waals surface area (Å²) in [4.78, 5) is 16.8. The number of carbonyl (C=O) groups is 1. The summed E-state index contributed by atoms with van der Waals surface area (Å²) < 4.78 is 7.16. The Morgan fingerprint density at radius 1 is 1.45 bits per heavy atom. The van der Waals surface area contributed by atoms with E-state index in [0.29, 0.717) is 25.5 Å². The first kappa shape index (κ1) is 14.7. The second-order valence-electron chi connectivity index (χ2n) is 4.70. The Kier molecular flexibility index (Phi) is 3.67. The molecular formula is C15H12N2O3S2. The number of hydrogen-bond acceptors (Lipinski definition) is 5. The zero-order valence-corrected chi connectivity index (χ0v) is 13.5. The topological polar surface area (TPSA) is 63.8 Å². The minimum absolute atomic E-state index is 0.0456. The van der Waals surface area contributed by atoms with E-state index in [1.807, 2.05) is 12.1 Å². The molecule has 0 fully saturated rings. The number of methoxy groups -OCH3 is 1. The van der Waals surface area contributed by atoms with Crippen LogP contribution in [0, 0.1) is 3.95 Å². The van der Waals surface area contributed by atoms with Gasteiger partial charge in [0.1, 0.15) is 5.75 Å². The average Bonchev–Trinajstić information content (AvgIpc) is 2.75. The number of aromatic nitrogens is 1. The molecule has 1 aromatic heterocycles. The molecule has 2 aromatic rings. The number of ether oxygens (including phenoxy) is 1. The molecule has 1 aliphatic rings. The molecule has 0 atom stereocenters. The summed E-state index contributed by atoms with van der Waals surface area (Å²) in [5, 5.41) is 11.4. The number of rotatable bonds is 2. The van der Waals surface area contributed by atoms with Crippen molar-refractivity contribution in [2.75, 3.05) is 7.11 Å². The summed E-state index contributed by atoms with van der Waals surface area (Å²) in [5.74, 6) is 0.334. The fourth-order valence-corrected chi connectivity index (χ4v) is 3.25. The van der Waals surface area contributed by atoms with Gasteiger partial charge in [-0.3, -0.25) is 9.36 Å². The second kappa shape index (κ2) is 5.51. The number of fused-ring (bicyclic) bond motifs is 1. The van der Waals surface area contributed by atoms with E-state index >= 15 is 0 Å². The van der Waals surface area contributed by atoms with Gasteiger partial charge in [-0.25, -0.2) is 4.99 Å². The van der Waals surface area contributed by atoms with Gasteiger partial charge in [-0.1, -0.05) is 0 Å². The molecule has 1 aliphatic heterocycles. The van der Waals surface area contributed by atoms with E-state index in [-0.39, 0.29) is 11.8 Å². The number of amides is 1. The smallest absolute Gasteiger partial charge is 0.277 e. The third-order valence-corrected chi connectivity index (χ3v) is 4.81. The predicted octanol–water partition coefficient (Wildman–Crippen LogP) is 1.55. The number of carbonyl (C=O) groups excluding carboxylic acids is 1. The predicted molar refractivity (Wildman–Crippen MR) is 87.0 cm³/mol. The SMILES string of the molecule is COc1ccc2c(c1)=NC(=O)C(=Cc1sc(=S)n(C)c1O)C=2. The van der Waals surface area contributed by atoms with Crippen LogP contribution in [0.2, 0.25) is 0 Å². The van der Waals surface area contributed by atoms with Gasteiger partial charge in [0.25, 0.3) is 5.91 Å². The molecule has 22 heavy (non-hydrogen) atoms. The molecule has 0 radical (unpaired) electrons.